The number of nitrogens with one attached hydrogen (secondary N) is 2. The first-order chi connectivity index (χ1) is 10.3. The summed E-state index contributed by atoms with van der Waals surface area (Å²) in [6, 6.07) is 17.8. The Bertz CT molecular complexity index is 566. The van der Waals surface area contributed by atoms with E-state index in [1.54, 1.807) is 0 Å². The summed E-state index contributed by atoms with van der Waals surface area (Å²) in [6.07, 6.45) is 3.31. The van der Waals surface area contributed by atoms with E-state index in [1.807, 2.05) is 54.6 Å². The summed E-state index contributed by atoms with van der Waals surface area (Å²) in [4.78, 5) is 11.9. The van der Waals surface area contributed by atoms with E-state index in [9.17, 15) is 4.79 Å². The second kappa shape index (κ2) is 8.10. The molecule has 0 aliphatic rings. The summed E-state index contributed by atoms with van der Waals surface area (Å²) in [5.41, 5.74) is 2.96. The van der Waals surface area contributed by atoms with Crippen LogP contribution in [-0.2, 0) is 0 Å². The normalized spacial score (nSPS) is 10.1. The topological polar surface area (TPSA) is 41.1 Å². The van der Waals surface area contributed by atoms with Crippen molar-refractivity contribution in [3.63, 3.8) is 0 Å². The number of hydrogen-bond acceptors (Lipinski definition) is 1. The Kier molecular flexibility index (Phi) is 5.83. The van der Waals surface area contributed by atoms with Crippen molar-refractivity contribution in [3.05, 3.63) is 54.6 Å². The maximum absolute atomic E-state index is 11.9. The van der Waals surface area contributed by atoms with Gasteiger partial charge in [-0.3, -0.25) is 0 Å². The highest BCUT2D eigenvalue weighted by Gasteiger charge is 2.07. The number of unbranched alkanes of at least 4 members (excludes halogenated alkanes) is 2. The standard InChI is InChI=1S/C18H22N2O/c1-2-3-9-14-19-18(21)20-17-13-8-7-12-16(17)15-10-5-4-6-11-15/h4-8,10-13H,2-3,9,14H2,1H3,(H2,19,20,21). The molecule has 0 radical (unpaired) electrons. The molecular formula is C18H22N2O. The van der Waals surface area contributed by atoms with E-state index in [1.165, 1.54) is 0 Å². The third-order valence-corrected chi connectivity index (χ3v) is 3.33. The molecule has 0 aromatic heterocycles. The maximum atomic E-state index is 11.9. The Morgan fingerprint density at radius 3 is 2.43 bits per heavy atom. The molecule has 0 unspecified atom stereocenters. The Morgan fingerprint density at radius 1 is 0.952 bits per heavy atom. The first kappa shape index (κ1) is 15.1. The molecule has 3 nitrogen and oxygen atoms in total. The zero-order valence-electron chi connectivity index (χ0n) is 12.4. The maximum Gasteiger partial charge on any atom is 0.319 e. The third-order valence-electron chi connectivity index (χ3n) is 3.33. The molecule has 0 heterocycles. The molecule has 0 saturated heterocycles. The molecule has 2 amide bonds. The quantitative estimate of drug-likeness (QED) is 0.743. The van der Waals surface area contributed by atoms with Gasteiger partial charge in [-0.2, -0.15) is 0 Å². The number of carbonyl (C=O) groups is 1. The highest BCUT2D eigenvalue weighted by molar-refractivity contribution is 5.94. The van der Waals surface area contributed by atoms with Gasteiger partial charge in [0.15, 0.2) is 0 Å². The van der Waals surface area contributed by atoms with Gasteiger partial charge in [0, 0.05) is 12.1 Å². The Balaban J connectivity index is 2.02. The summed E-state index contributed by atoms with van der Waals surface area (Å²) in [5.74, 6) is 0. The molecule has 2 rings (SSSR count). The van der Waals surface area contributed by atoms with Gasteiger partial charge in [-0.05, 0) is 18.1 Å². The van der Waals surface area contributed by atoms with Crippen LogP contribution in [0.25, 0.3) is 11.1 Å². The van der Waals surface area contributed by atoms with E-state index in [-0.39, 0.29) is 6.03 Å². The minimum Gasteiger partial charge on any atom is -0.338 e. The van der Waals surface area contributed by atoms with Gasteiger partial charge >= 0.3 is 6.03 Å². The number of amides is 2. The van der Waals surface area contributed by atoms with Crippen LogP contribution in [-0.4, -0.2) is 12.6 Å². The van der Waals surface area contributed by atoms with Gasteiger partial charge in [0.2, 0.25) is 0 Å². The smallest absolute Gasteiger partial charge is 0.319 e. The van der Waals surface area contributed by atoms with Gasteiger partial charge < -0.3 is 10.6 Å². The van der Waals surface area contributed by atoms with Crippen molar-refractivity contribution in [2.75, 3.05) is 11.9 Å². The van der Waals surface area contributed by atoms with Crippen LogP contribution in [0.3, 0.4) is 0 Å². The predicted molar refractivity (Wildman–Crippen MR) is 88.4 cm³/mol. The van der Waals surface area contributed by atoms with Crippen molar-refractivity contribution < 1.29 is 4.79 Å². The summed E-state index contributed by atoms with van der Waals surface area (Å²) in [7, 11) is 0. The van der Waals surface area contributed by atoms with Crippen molar-refractivity contribution >= 4 is 11.7 Å². The number of rotatable bonds is 6. The lowest BCUT2D eigenvalue weighted by Gasteiger charge is -2.12. The monoisotopic (exact) mass is 282 g/mol. The average Bonchev–Trinajstić information content (AvgIpc) is 2.53. The first-order valence-electron chi connectivity index (χ1n) is 7.50. The molecule has 21 heavy (non-hydrogen) atoms. The highest BCUT2D eigenvalue weighted by atomic mass is 16.2. The SMILES string of the molecule is CCCCCNC(=O)Nc1ccccc1-c1ccccc1. The van der Waals surface area contributed by atoms with E-state index in [0.29, 0.717) is 6.54 Å². The Morgan fingerprint density at radius 2 is 1.67 bits per heavy atom. The van der Waals surface area contributed by atoms with Crippen LogP contribution in [0, 0.1) is 0 Å². The van der Waals surface area contributed by atoms with Crippen LogP contribution in [0.5, 0.6) is 0 Å². The third kappa shape index (κ3) is 4.63. The van der Waals surface area contributed by atoms with E-state index in [0.717, 1.165) is 36.1 Å². The Labute approximate surface area is 126 Å². The molecule has 0 aliphatic heterocycles. The fourth-order valence-electron chi connectivity index (χ4n) is 2.20. The highest BCUT2D eigenvalue weighted by Crippen LogP contribution is 2.27. The molecule has 110 valence electrons. The molecule has 0 spiro atoms. The fraction of sp³-hybridized carbons (Fsp3) is 0.278. The molecular weight excluding hydrogens is 260 g/mol. The second-order valence-corrected chi connectivity index (χ2v) is 5.00. The lowest BCUT2D eigenvalue weighted by molar-refractivity contribution is 0.252. The summed E-state index contributed by atoms with van der Waals surface area (Å²) in [6.45, 7) is 2.86. The molecule has 0 bridgehead atoms. The van der Waals surface area contributed by atoms with Crippen molar-refractivity contribution in [2.24, 2.45) is 0 Å². The largest absolute Gasteiger partial charge is 0.338 e. The summed E-state index contributed by atoms with van der Waals surface area (Å²) in [5, 5.41) is 5.83. The van der Waals surface area contributed by atoms with E-state index in [4.69, 9.17) is 0 Å². The van der Waals surface area contributed by atoms with E-state index < -0.39 is 0 Å². The zero-order chi connectivity index (χ0) is 14.9. The number of benzene rings is 2. The first-order valence-corrected chi connectivity index (χ1v) is 7.50. The number of hydrogen-bond donors (Lipinski definition) is 2. The van der Waals surface area contributed by atoms with Gasteiger partial charge in [0.1, 0.15) is 0 Å². The lowest BCUT2D eigenvalue weighted by Crippen LogP contribution is -2.29. The lowest BCUT2D eigenvalue weighted by atomic mass is 10.0. The number of carbonyl (C=O) groups excluding carboxylic acids is 1. The van der Waals surface area contributed by atoms with Gasteiger partial charge in [0.25, 0.3) is 0 Å². The van der Waals surface area contributed by atoms with Crippen molar-refractivity contribution in [2.45, 2.75) is 26.2 Å². The second-order valence-electron chi connectivity index (χ2n) is 5.00. The zero-order valence-corrected chi connectivity index (χ0v) is 12.4. The van der Waals surface area contributed by atoms with Gasteiger partial charge in [-0.15, -0.1) is 0 Å². The number of para-hydroxylation sites is 1. The summed E-state index contributed by atoms with van der Waals surface area (Å²) >= 11 is 0. The summed E-state index contributed by atoms with van der Waals surface area (Å²) < 4.78 is 0. The number of urea groups is 1. The van der Waals surface area contributed by atoms with Crippen molar-refractivity contribution in [1.82, 2.24) is 5.32 Å². The average molecular weight is 282 g/mol. The van der Waals surface area contributed by atoms with Crippen molar-refractivity contribution in [3.8, 4) is 11.1 Å². The van der Waals surface area contributed by atoms with Crippen LogP contribution < -0.4 is 10.6 Å². The Hall–Kier alpha value is -2.29. The van der Waals surface area contributed by atoms with Crippen LogP contribution in [0.2, 0.25) is 0 Å². The van der Waals surface area contributed by atoms with Gasteiger partial charge in [-0.1, -0.05) is 68.3 Å². The van der Waals surface area contributed by atoms with Gasteiger partial charge in [-0.25, -0.2) is 4.79 Å². The molecule has 2 aromatic carbocycles. The van der Waals surface area contributed by atoms with E-state index in [2.05, 4.69) is 17.6 Å². The molecule has 0 atom stereocenters. The van der Waals surface area contributed by atoms with Crippen LogP contribution >= 0.6 is 0 Å². The van der Waals surface area contributed by atoms with Crippen LogP contribution in [0.4, 0.5) is 10.5 Å². The molecule has 2 aromatic rings. The van der Waals surface area contributed by atoms with Crippen LogP contribution in [0.1, 0.15) is 26.2 Å². The number of anilines is 1. The molecule has 2 N–H and O–H groups in total. The molecule has 0 saturated carbocycles. The molecule has 0 aliphatic carbocycles. The van der Waals surface area contributed by atoms with Crippen LogP contribution in [0.15, 0.2) is 54.6 Å². The van der Waals surface area contributed by atoms with Crippen molar-refractivity contribution in [1.29, 1.82) is 0 Å². The van der Waals surface area contributed by atoms with E-state index >= 15 is 0 Å². The fourth-order valence-corrected chi connectivity index (χ4v) is 2.20. The minimum absolute atomic E-state index is 0.144. The minimum atomic E-state index is -0.144. The predicted octanol–water partition coefficient (Wildman–Crippen LogP) is 4.67. The van der Waals surface area contributed by atoms with Gasteiger partial charge in [0.05, 0.1) is 5.69 Å². The molecule has 0 fully saturated rings. The molecule has 3 heteroatoms.